The highest BCUT2D eigenvalue weighted by atomic mass is 16.5. The normalized spacial score (nSPS) is 11.4. The lowest BCUT2D eigenvalue weighted by atomic mass is 10.2. The second kappa shape index (κ2) is 6.52. The van der Waals surface area contributed by atoms with E-state index in [1.165, 1.54) is 0 Å². The zero-order valence-corrected chi connectivity index (χ0v) is 13.1. The maximum Gasteiger partial charge on any atom is 0.192 e. The summed E-state index contributed by atoms with van der Waals surface area (Å²) < 4.78 is 10.9. The summed E-state index contributed by atoms with van der Waals surface area (Å²) in [6.45, 7) is 4.47. The van der Waals surface area contributed by atoms with Gasteiger partial charge in [-0.25, -0.2) is 4.98 Å². The van der Waals surface area contributed by atoms with E-state index in [9.17, 15) is 5.11 Å². The van der Waals surface area contributed by atoms with E-state index in [1.54, 1.807) is 18.3 Å². The van der Waals surface area contributed by atoms with Gasteiger partial charge in [0.15, 0.2) is 11.5 Å². The Morgan fingerprint density at radius 2 is 2.13 bits per heavy atom. The number of fused-ring (bicyclic) bond motifs is 1. The highest BCUT2D eigenvalue weighted by Gasteiger charge is 2.04. The highest BCUT2D eigenvalue weighted by molar-refractivity contribution is 5.86. The molecule has 2 aromatic carbocycles. The van der Waals surface area contributed by atoms with E-state index in [4.69, 9.17) is 9.15 Å². The monoisotopic (exact) mass is 310 g/mol. The van der Waals surface area contributed by atoms with E-state index in [0.717, 1.165) is 23.2 Å². The van der Waals surface area contributed by atoms with Crippen molar-refractivity contribution < 1.29 is 14.3 Å². The molecule has 5 heteroatoms. The summed E-state index contributed by atoms with van der Waals surface area (Å²) in [5.41, 5.74) is 2.88. The molecule has 1 N–H and O–H groups in total. The molecule has 118 valence electrons. The van der Waals surface area contributed by atoms with Crippen LogP contribution in [0.15, 0.2) is 45.8 Å². The molecule has 0 atom stereocenters. The first-order valence-electron chi connectivity index (χ1n) is 7.53. The van der Waals surface area contributed by atoms with E-state index >= 15 is 0 Å². The lowest BCUT2D eigenvalue weighted by Gasteiger charge is -2.06. The number of aliphatic imine (C=N–C) groups is 1. The summed E-state index contributed by atoms with van der Waals surface area (Å²) in [5.74, 6) is 1.42. The van der Waals surface area contributed by atoms with Crippen molar-refractivity contribution in [3.05, 3.63) is 47.9 Å². The molecule has 23 heavy (non-hydrogen) atoms. The number of nitrogens with zero attached hydrogens (tertiary/aromatic N) is 2. The molecule has 0 spiro atoms. The van der Waals surface area contributed by atoms with Gasteiger partial charge in [0.1, 0.15) is 17.0 Å². The number of hydrogen-bond acceptors (Lipinski definition) is 5. The van der Waals surface area contributed by atoms with Crippen molar-refractivity contribution in [1.82, 2.24) is 4.98 Å². The fourth-order valence-electron chi connectivity index (χ4n) is 2.20. The summed E-state index contributed by atoms with van der Waals surface area (Å²) in [4.78, 5) is 8.66. The fraction of sp³-hybridized carbons (Fsp3) is 0.222. The van der Waals surface area contributed by atoms with Gasteiger partial charge in [-0.15, -0.1) is 0 Å². The van der Waals surface area contributed by atoms with E-state index in [0.29, 0.717) is 23.8 Å². The Kier molecular flexibility index (Phi) is 4.28. The van der Waals surface area contributed by atoms with Gasteiger partial charge in [-0.2, -0.15) is 0 Å². The van der Waals surface area contributed by atoms with Crippen LogP contribution in [0.1, 0.15) is 24.8 Å². The molecule has 3 rings (SSSR count). The first-order valence-corrected chi connectivity index (χ1v) is 7.53. The van der Waals surface area contributed by atoms with Crippen LogP contribution in [0.2, 0.25) is 0 Å². The molecule has 3 aromatic rings. The van der Waals surface area contributed by atoms with Crippen molar-refractivity contribution in [1.29, 1.82) is 0 Å². The molecule has 0 amide bonds. The predicted octanol–water partition coefficient (Wildman–Crippen LogP) is 4.38. The minimum Gasteiger partial charge on any atom is -0.507 e. The first kappa shape index (κ1) is 15.1. The molecular formula is C18H18N2O3. The average molecular weight is 310 g/mol. The predicted molar refractivity (Wildman–Crippen MR) is 89.9 cm³/mol. The summed E-state index contributed by atoms with van der Waals surface area (Å²) in [5, 5.41) is 10.0. The van der Waals surface area contributed by atoms with Crippen molar-refractivity contribution in [2.45, 2.75) is 20.3 Å². The molecule has 0 bridgehead atoms. The molecule has 0 unspecified atom stereocenters. The van der Waals surface area contributed by atoms with Crippen molar-refractivity contribution in [3.63, 3.8) is 0 Å². The Morgan fingerprint density at radius 1 is 1.26 bits per heavy atom. The minimum atomic E-state index is 0.140. The molecular weight excluding hydrogens is 292 g/mol. The topological polar surface area (TPSA) is 67.9 Å². The van der Waals surface area contributed by atoms with Gasteiger partial charge in [0.05, 0.1) is 12.3 Å². The summed E-state index contributed by atoms with van der Waals surface area (Å²) in [6.07, 6.45) is 2.54. The van der Waals surface area contributed by atoms with Crippen LogP contribution < -0.4 is 4.74 Å². The number of oxazole rings is 1. The third kappa shape index (κ3) is 3.51. The number of hydrogen-bond donors (Lipinski definition) is 1. The zero-order valence-electron chi connectivity index (χ0n) is 13.1. The van der Waals surface area contributed by atoms with Gasteiger partial charge in [0.25, 0.3) is 0 Å². The van der Waals surface area contributed by atoms with Crippen LogP contribution >= 0.6 is 0 Å². The van der Waals surface area contributed by atoms with Crippen LogP contribution in [0, 0.1) is 6.92 Å². The Hall–Kier alpha value is -2.82. The number of aryl methyl sites for hydroxylation is 1. The van der Waals surface area contributed by atoms with Crippen LogP contribution in [0.4, 0.5) is 5.69 Å². The molecule has 1 heterocycles. The van der Waals surface area contributed by atoms with Crippen LogP contribution in [0.5, 0.6) is 11.5 Å². The standard InChI is InChI=1S/C18H18N2O3/c1-3-8-22-15-6-4-13(17(21)10-15)11-19-14-5-7-18-16(9-14)20-12(2)23-18/h4-7,9-11,21H,3,8H2,1-2H3. The third-order valence-corrected chi connectivity index (χ3v) is 3.31. The Bertz CT molecular complexity index is 853. The number of aromatic nitrogens is 1. The number of phenolic OH excluding ortho intramolecular Hbond substituents is 1. The van der Waals surface area contributed by atoms with Gasteiger partial charge >= 0.3 is 0 Å². The maximum absolute atomic E-state index is 10.0. The van der Waals surface area contributed by atoms with Gasteiger partial charge in [-0.1, -0.05) is 6.92 Å². The van der Waals surface area contributed by atoms with E-state index < -0.39 is 0 Å². The smallest absolute Gasteiger partial charge is 0.192 e. The maximum atomic E-state index is 10.0. The second-order valence-electron chi connectivity index (χ2n) is 5.21. The van der Waals surface area contributed by atoms with Gasteiger partial charge in [0.2, 0.25) is 0 Å². The van der Waals surface area contributed by atoms with Crippen LogP contribution in [0.3, 0.4) is 0 Å². The number of ether oxygens (including phenoxy) is 1. The third-order valence-electron chi connectivity index (χ3n) is 3.31. The van der Waals surface area contributed by atoms with E-state index in [2.05, 4.69) is 9.98 Å². The number of benzene rings is 2. The molecule has 0 fully saturated rings. The average Bonchev–Trinajstić information content (AvgIpc) is 2.91. The van der Waals surface area contributed by atoms with Crippen molar-refractivity contribution in [2.75, 3.05) is 6.61 Å². The number of phenols is 1. The Morgan fingerprint density at radius 3 is 2.91 bits per heavy atom. The quantitative estimate of drug-likeness (QED) is 0.710. The Labute approximate surface area is 134 Å². The summed E-state index contributed by atoms with van der Waals surface area (Å²) in [6, 6.07) is 10.7. The van der Waals surface area contributed by atoms with E-state index in [-0.39, 0.29) is 5.75 Å². The molecule has 5 nitrogen and oxygen atoms in total. The summed E-state index contributed by atoms with van der Waals surface area (Å²) >= 11 is 0. The van der Waals surface area contributed by atoms with Crippen LogP contribution in [0.25, 0.3) is 11.1 Å². The van der Waals surface area contributed by atoms with Gasteiger partial charge in [-0.3, -0.25) is 4.99 Å². The molecule has 0 radical (unpaired) electrons. The van der Waals surface area contributed by atoms with Gasteiger partial charge < -0.3 is 14.3 Å². The second-order valence-corrected chi connectivity index (χ2v) is 5.21. The van der Waals surface area contributed by atoms with Crippen LogP contribution in [-0.4, -0.2) is 22.9 Å². The van der Waals surface area contributed by atoms with Gasteiger partial charge in [-0.05, 0) is 36.8 Å². The lowest BCUT2D eigenvalue weighted by Crippen LogP contribution is -1.95. The molecule has 0 saturated heterocycles. The van der Waals surface area contributed by atoms with Crippen molar-refractivity contribution in [3.8, 4) is 11.5 Å². The van der Waals surface area contributed by atoms with Crippen molar-refractivity contribution >= 4 is 23.0 Å². The number of rotatable bonds is 5. The van der Waals surface area contributed by atoms with Gasteiger partial charge in [0, 0.05) is 24.8 Å². The fourth-order valence-corrected chi connectivity index (χ4v) is 2.20. The molecule has 1 aromatic heterocycles. The lowest BCUT2D eigenvalue weighted by molar-refractivity contribution is 0.315. The van der Waals surface area contributed by atoms with E-state index in [1.807, 2.05) is 38.1 Å². The molecule has 0 aliphatic carbocycles. The molecule has 0 saturated carbocycles. The highest BCUT2D eigenvalue weighted by Crippen LogP contribution is 2.25. The first-order chi connectivity index (χ1) is 11.2. The number of aromatic hydroxyl groups is 1. The summed E-state index contributed by atoms with van der Waals surface area (Å²) in [7, 11) is 0. The van der Waals surface area contributed by atoms with Crippen LogP contribution in [-0.2, 0) is 0 Å². The Balaban J connectivity index is 1.80. The molecule has 0 aliphatic heterocycles. The zero-order chi connectivity index (χ0) is 16.2. The SMILES string of the molecule is CCCOc1ccc(C=Nc2ccc3oc(C)nc3c2)c(O)c1. The van der Waals surface area contributed by atoms with Crippen molar-refractivity contribution in [2.24, 2.45) is 4.99 Å². The molecule has 0 aliphatic rings. The largest absolute Gasteiger partial charge is 0.507 e. The minimum absolute atomic E-state index is 0.140.